The first-order valence-corrected chi connectivity index (χ1v) is 8.74. The van der Waals surface area contributed by atoms with Gasteiger partial charge in [-0.2, -0.15) is 0 Å². The first kappa shape index (κ1) is 15.1. The number of aliphatic imine (C=N–C) groups is 1. The van der Waals surface area contributed by atoms with Crippen LogP contribution in [0.25, 0.3) is 10.8 Å². The average Bonchev–Trinajstić information content (AvgIpc) is 3.14. The van der Waals surface area contributed by atoms with Gasteiger partial charge in [-0.05, 0) is 25.0 Å². The molecule has 0 aliphatic heterocycles. The van der Waals surface area contributed by atoms with Crippen LogP contribution in [0, 0.1) is 0 Å². The normalized spacial score (nSPS) is 17.4. The Bertz CT molecular complexity index is 597. The van der Waals surface area contributed by atoms with Crippen molar-refractivity contribution in [1.82, 2.24) is 10.3 Å². The molecular weight excluding hydrogens is 296 g/mol. The van der Waals surface area contributed by atoms with Crippen LogP contribution in [0.15, 0.2) is 33.2 Å². The van der Waals surface area contributed by atoms with Crippen molar-refractivity contribution in [1.29, 1.82) is 0 Å². The molecule has 3 rings (SSSR count). The Kier molecular flexibility index (Phi) is 5.11. The molecule has 0 bridgehead atoms. The van der Waals surface area contributed by atoms with Crippen LogP contribution < -0.4 is 11.1 Å². The minimum absolute atomic E-state index is 0.473. The van der Waals surface area contributed by atoms with E-state index in [4.69, 9.17) is 10.2 Å². The standard InChI is InChI=1S/C16H22N4OS/c17-16(20-12-6-3-1-2-4-7-12)18-10-13-11-22-15(19-13)14-8-5-9-21-14/h5,8-9,11-12H,1-4,6-7,10H2,(H3,17,18,20). The van der Waals surface area contributed by atoms with Crippen LogP contribution in [-0.4, -0.2) is 17.0 Å². The van der Waals surface area contributed by atoms with Crippen molar-refractivity contribution in [2.24, 2.45) is 10.7 Å². The summed E-state index contributed by atoms with van der Waals surface area (Å²) in [6, 6.07) is 4.25. The number of hydrogen-bond acceptors (Lipinski definition) is 4. The molecule has 0 amide bonds. The summed E-state index contributed by atoms with van der Waals surface area (Å²) in [6.07, 6.45) is 9.27. The van der Waals surface area contributed by atoms with Gasteiger partial charge < -0.3 is 15.5 Å². The monoisotopic (exact) mass is 318 g/mol. The molecule has 0 atom stereocenters. The van der Waals surface area contributed by atoms with Gasteiger partial charge in [-0.25, -0.2) is 9.98 Å². The number of rotatable bonds is 4. The maximum absolute atomic E-state index is 6.00. The van der Waals surface area contributed by atoms with Gasteiger partial charge in [-0.1, -0.05) is 25.7 Å². The SMILES string of the molecule is NC(=NCc1csc(-c2ccco2)n1)NC1CCCCCC1. The predicted octanol–water partition coefficient (Wildman–Crippen LogP) is 3.53. The Morgan fingerprint density at radius 1 is 1.36 bits per heavy atom. The molecule has 2 heterocycles. The number of thiazole rings is 1. The van der Waals surface area contributed by atoms with Gasteiger partial charge in [0.2, 0.25) is 0 Å². The van der Waals surface area contributed by atoms with Gasteiger partial charge >= 0.3 is 0 Å². The smallest absolute Gasteiger partial charge is 0.189 e. The highest BCUT2D eigenvalue weighted by Crippen LogP contribution is 2.24. The fraction of sp³-hybridized carbons (Fsp3) is 0.500. The van der Waals surface area contributed by atoms with Gasteiger partial charge in [0, 0.05) is 11.4 Å². The van der Waals surface area contributed by atoms with Gasteiger partial charge in [0.05, 0.1) is 18.5 Å². The lowest BCUT2D eigenvalue weighted by Crippen LogP contribution is -2.39. The molecule has 0 radical (unpaired) electrons. The van der Waals surface area contributed by atoms with Crippen molar-refractivity contribution in [2.45, 2.75) is 51.1 Å². The van der Waals surface area contributed by atoms with Crippen LogP contribution in [0.4, 0.5) is 0 Å². The Morgan fingerprint density at radius 3 is 2.91 bits per heavy atom. The fourth-order valence-electron chi connectivity index (χ4n) is 2.74. The maximum atomic E-state index is 6.00. The van der Waals surface area contributed by atoms with E-state index in [9.17, 15) is 0 Å². The Balaban J connectivity index is 1.54. The zero-order chi connectivity index (χ0) is 15.2. The van der Waals surface area contributed by atoms with E-state index >= 15 is 0 Å². The Morgan fingerprint density at radius 2 is 2.18 bits per heavy atom. The molecule has 118 valence electrons. The lowest BCUT2D eigenvalue weighted by molar-refractivity contribution is 0.530. The molecule has 2 aromatic heterocycles. The molecule has 2 aromatic rings. The first-order valence-electron chi connectivity index (χ1n) is 7.86. The van der Waals surface area contributed by atoms with E-state index in [1.165, 1.54) is 38.5 Å². The molecule has 0 aromatic carbocycles. The van der Waals surface area contributed by atoms with E-state index in [1.807, 2.05) is 17.5 Å². The lowest BCUT2D eigenvalue weighted by atomic mass is 10.1. The maximum Gasteiger partial charge on any atom is 0.189 e. The van der Waals surface area contributed by atoms with E-state index in [0.717, 1.165) is 16.5 Å². The summed E-state index contributed by atoms with van der Waals surface area (Å²) < 4.78 is 5.35. The quantitative estimate of drug-likeness (QED) is 0.513. The van der Waals surface area contributed by atoms with Crippen molar-refractivity contribution in [3.63, 3.8) is 0 Å². The summed E-state index contributed by atoms with van der Waals surface area (Å²) in [5.74, 6) is 1.32. The summed E-state index contributed by atoms with van der Waals surface area (Å²) in [4.78, 5) is 8.93. The van der Waals surface area contributed by atoms with Gasteiger partial charge in [0.15, 0.2) is 16.7 Å². The van der Waals surface area contributed by atoms with E-state index in [0.29, 0.717) is 18.5 Å². The highest BCUT2D eigenvalue weighted by Gasteiger charge is 2.12. The van der Waals surface area contributed by atoms with Crippen LogP contribution in [0.1, 0.15) is 44.2 Å². The third-order valence-electron chi connectivity index (χ3n) is 3.90. The predicted molar refractivity (Wildman–Crippen MR) is 89.8 cm³/mol. The molecular formula is C16H22N4OS. The largest absolute Gasteiger partial charge is 0.462 e. The minimum atomic E-state index is 0.473. The molecule has 1 aliphatic rings. The molecule has 1 fully saturated rings. The second kappa shape index (κ2) is 7.45. The number of nitrogens with one attached hydrogen (secondary N) is 1. The molecule has 0 unspecified atom stereocenters. The third kappa shape index (κ3) is 4.10. The number of hydrogen-bond donors (Lipinski definition) is 2. The number of nitrogens with zero attached hydrogens (tertiary/aromatic N) is 2. The van der Waals surface area contributed by atoms with E-state index in [1.54, 1.807) is 17.6 Å². The minimum Gasteiger partial charge on any atom is -0.462 e. The van der Waals surface area contributed by atoms with Crippen LogP contribution >= 0.6 is 11.3 Å². The first-order chi connectivity index (χ1) is 10.8. The Hall–Kier alpha value is -1.82. The number of aromatic nitrogens is 1. The molecule has 3 N–H and O–H groups in total. The van der Waals surface area contributed by atoms with Crippen molar-refractivity contribution in [2.75, 3.05) is 0 Å². The third-order valence-corrected chi connectivity index (χ3v) is 4.81. The average molecular weight is 318 g/mol. The van der Waals surface area contributed by atoms with Crippen molar-refractivity contribution < 1.29 is 4.42 Å². The van der Waals surface area contributed by atoms with E-state index in [2.05, 4.69) is 15.3 Å². The van der Waals surface area contributed by atoms with Gasteiger partial charge in [-0.3, -0.25) is 0 Å². The van der Waals surface area contributed by atoms with Gasteiger partial charge in [0.25, 0.3) is 0 Å². The number of furan rings is 1. The molecule has 1 aliphatic carbocycles. The van der Waals surface area contributed by atoms with Crippen LogP contribution in [-0.2, 0) is 6.54 Å². The number of guanidine groups is 1. The lowest BCUT2D eigenvalue weighted by Gasteiger charge is -2.16. The summed E-state index contributed by atoms with van der Waals surface area (Å²) in [7, 11) is 0. The molecule has 5 nitrogen and oxygen atoms in total. The second-order valence-corrected chi connectivity index (χ2v) is 6.51. The summed E-state index contributed by atoms with van der Waals surface area (Å²) >= 11 is 1.56. The van der Waals surface area contributed by atoms with Gasteiger partial charge in [-0.15, -0.1) is 11.3 Å². The highest BCUT2D eigenvalue weighted by atomic mass is 32.1. The van der Waals surface area contributed by atoms with Crippen LogP contribution in [0.2, 0.25) is 0 Å². The molecule has 0 spiro atoms. The zero-order valence-corrected chi connectivity index (χ0v) is 13.4. The van der Waals surface area contributed by atoms with Crippen LogP contribution in [0.3, 0.4) is 0 Å². The van der Waals surface area contributed by atoms with Crippen LogP contribution in [0.5, 0.6) is 0 Å². The van der Waals surface area contributed by atoms with Gasteiger partial charge in [0.1, 0.15) is 0 Å². The van der Waals surface area contributed by atoms with E-state index in [-0.39, 0.29) is 0 Å². The van der Waals surface area contributed by atoms with Crippen molar-refractivity contribution in [3.05, 3.63) is 29.5 Å². The molecule has 0 saturated heterocycles. The summed E-state index contributed by atoms with van der Waals surface area (Å²) in [6.45, 7) is 0.503. The molecule has 22 heavy (non-hydrogen) atoms. The van der Waals surface area contributed by atoms with E-state index < -0.39 is 0 Å². The fourth-order valence-corrected chi connectivity index (χ4v) is 3.51. The topological polar surface area (TPSA) is 76.4 Å². The summed E-state index contributed by atoms with van der Waals surface area (Å²) in [5.41, 5.74) is 6.92. The highest BCUT2D eigenvalue weighted by molar-refractivity contribution is 7.13. The molecule has 1 saturated carbocycles. The number of nitrogens with two attached hydrogens (primary N) is 1. The second-order valence-electron chi connectivity index (χ2n) is 5.66. The zero-order valence-electron chi connectivity index (χ0n) is 12.6. The summed E-state index contributed by atoms with van der Waals surface area (Å²) in [5, 5.41) is 6.23. The van der Waals surface area contributed by atoms with Crippen molar-refractivity contribution in [3.8, 4) is 10.8 Å². The Labute approximate surface area is 134 Å². The van der Waals surface area contributed by atoms with Crippen molar-refractivity contribution >= 4 is 17.3 Å². The molecule has 6 heteroatoms.